The average molecular weight is 234 g/mol. The van der Waals surface area contributed by atoms with Crippen molar-refractivity contribution in [2.24, 2.45) is 5.73 Å². The van der Waals surface area contributed by atoms with Gasteiger partial charge in [-0.3, -0.25) is 4.79 Å². The van der Waals surface area contributed by atoms with Crippen LogP contribution in [0.2, 0.25) is 0 Å². The van der Waals surface area contributed by atoms with Crippen molar-refractivity contribution in [1.82, 2.24) is 0 Å². The van der Waals surface area contributed by atoms with Crippen LogP contribution in [0.5, 0.6) is 11.5 Å². The first-order chi connectivity index (χ1) is 6.50. The van der Waals surface area contributed by atoms with Gasteiger partial charge in [0.1, 0.15) is 0 Å². The molecule has 0 aliphatic carbocycles. The highest BCUT2D eigenvalue weighted by molar-refractivity contribution is 5.85. The fraction of sp³-hybridized carbons (Fsp3) is 0.222. The lowest BCUT2D eigenvalue weighted by molar-refractivity contribution is -0.137. The van der Waals surface area contributed by atoms with Gasteiger partial charge in [-0.25, -0.2) is 0 Å². The Morgan fingerprint density at radius 2 is 1.93 bits per heavy atom. The molecule has 0 aliphatic rings. The Hall–Kier alpha value is -1.46. The molecule has 1 rings (SSSR count). The van der Waals surface area contributed by atoms with Crippen LogP contribution in [0.25, 0.3) is 0 Å². The van der Waals surface area contributed by atoms with Crippen molar-refractivity contribution in [3.63, 3.8) is 0 Å². The first-order valence-corrected chi connectivity index (χ1v) is 4.00. The van der Waals surface area contributed by atoms with E-state index in [4.69, 9.17) is 21.1 Å². The molecule has 0 fully saturated rings. The summed E-state index contributed by atoms with van der Waals surface area (Å²) in [7, 11) is 0. The molecule has 0 aromatic heterocycles. The van der Waals surface area contributed by atoms with E-state index < -0.39 is 12.0 Å². The molecule has 0 spiro atoms. The van der Waals surface area contributed by atoms with E-state index in [0.29, 0.717) is 5.56 Å². The normalized spacial score (nSPS) is 11.5. The molecule has 1 atom stereocenters. The number of hydrogen-bond donors (Lipinski definition) is 4. The summed E-state index contributed by atoms with van der Waals surface area (Å²) in [5.74, 6) is -1.57. The van der Waals surface area contributed by atoms with Gasteiger partial charge in [0.05, 0.1) is 6.42 Å². The first kappa shape index (κ1) is 13.5. The van der Waals surface area contributed by atoms with E-state index in [1.807, 2.05) is 0 Å². The molecule has 1 aromatic rings. The van der Waals surface area contributed by atoms with Crippen LogP contribution in [-0.2, 0) is 4.79 Å². The molecular weight excluding hydrogens is 222 g/mol. The van der Waals surface area contributed by atoms with Crippen molar-refractivity contribution < 1.29 is 20.1 Å². The number of halogens is 1. The Labute approximate surface area is 92.6 Å². The highest BCUT2D eigenvalue weighted by Crippen LogP contribution is 2.27. The van der Waals surface area contributed by atoms with Crippen LogP contribution in [0, 0.1) is 0 Å². The molecule has 5 N–H and O–H groups in total. The summed E-state index contributed by atoms with van der Waals surface area (Å²) in [4.78, 5) is 10.3. The van der Waals surface area contributed by atoms with Crippen molar-refractivity contribution in [3.8, 4) is 11.5 Å². The number of benzene rings is 1. The van der Waals surface area contributed by atoms with Gasteiger partial charge in [-0.2, -0.15) is 0 Å². The number of phenols is 2. The highest BCUT2D eigenvalue weighted by atomic mass is 35.5. The summed E-state index contributed by atoms with van der Waals surface area (Å²) < 4.78 is 0. The number of rotatable bonds is 3. The summed E-state index contributed by atoms with van der Waals surface area (Å²) in [6.45, 7) is 0. The third-order valence-electron chi connectivity index (χ3n) is 1.82. The van der Waals surface area contributed by atoms with Gasteiger partial charge in [-0.15, -0.1) is 12.4 Å². The van der Waals surface area contributed by atoms with E-state index in [0.717, 1.165) is 0 Å². The minimum atomic E-state index is -1.01. The Bertz CT molecular complexity index is 356. The second-order valence-electron chi connectivity index (χ2n) is 2.95. The van der Waals surface area contributed by atoms with E-state index in [1.54, 1.807) is 0 Å². The van der Waals surface area contributed by atoms with E-state index in [-0.39, 0.29) is 30.3 Å². The highest BCUT2D eigenvalue weighted by Gasteiger charge is 2.12. The maximum Gasteiger partial charge on any atom is 0.305 e. The van der Waals surface area contributed by atoms with Crippen LogP contribution >= 0.6 is 12.4 Å². The lowest BCUT2D eigenvalue weighted by atomic mass is 10.0. The number of aliphatic carboxylic acids is 1. The van der Waals surface area contributed by atoms with Crippen LogP contribution in [0.15, 0.2) is 18.2 Å². The van der Waals surface area contributed by atoms with E-state index in [1.165, 1.54) is 18.2 Å². The molecule has 6 heteroatoms. The zero-order valence-electron chi connectivity index (χ0n) is 7.75. The number of carboxylic acids is 1. The Morgan fingerprint density at radius 1 is 1.33 bits per heavy atom. The third-order valence-corrected chi connectivity index (χ3v) is 1.82. The first-order valence-electron chi connectivity index (χ1n) is 4.00. The molecule has 0 saturated carbocycles. The van der Waals surface area contributed by atoms with Crippen molar-refractivity contribution in [1.29, 1.82) is 0 Å². The number of phenolic OH excluding ortho intramolecular Hbond substituents is 2. The smallest absolute Gasteiger partial charge is 0.305 e. The third kappa shape index (κ3) is 3.65. The Kier molecular flexibility index (Phi) is 4.90. The number of aromatic hydroxyl groups is 2. The average Bonchev–Trinajstić information content (AvgIpc) is 2.08. The number of hydrogen-bond acceptors (Lipinski definition) is 4. The summed E-state index contributed by atoms with van der Waals surface area (Å²) in [5, 5.41) is 26.6. The molecule has 0 aliphatic heterocycles. The molecular formula is C9H12ClNO4. The van der Waals surface area contributed by atoms with E-state index in [9.17, 15) is 4.79 Å². The predicted octanol–water partition coefficient (Wildman–Crippen LogP) is 0.994. The zero-order valence-corrected chi connectivity index (χ0v) is 8.57. The maximum atomic E-state index is 10.3. The standard InChI is InChI=1S/C9H11NO4.ClH/c10-6(4-9(13)14)5-1-2-7(11)8(12)3-5;/h1-3,6,11-12H,4,10H2,(H,13,14);1H. The molecule has 15 heavy (non-hydrogen) atoms. The fourth-order valence-corrected chi connectivity index (χ4v) is 1.08. The Balaban J connectivity index is 0.00000196. The lowest BCUT2D eigenvalue weighted by Crippen LogP contribution is -2.14. The van der Waals surface area contributed by atoms with Gasteiger partial charge in [-0.05, 0) is 17.7 Å². The van der Waals surface area contributed by atoms with E-state index >= 15 is 0 Å². The topological polar surface area (TPSA) is 104 Å². The van der Waals surface area contributed by atoms with Crippen molar-refractivity contribution in [2.75, 3.05) is 0 Å². The summed E-state index contributed by atoms with van der Waals surface area (Å²) in [6, 6.07) is 3.32. The molecule has 1 aromatic carbocycles. The number of carbonyl (C=O) groups is 1. The van der Waals surface area contributed by atoms with Gasteiger partial charge >= 0.3 is 5.97 Å². The second kappa shape index (κ2) is 5.43. The van der Waals surface area contributed by atoms with Crippen LogP contribution < -0.4 is 5.73 Å². The monoisotopic (exact) mass is 233 g/mol. The predicted molar refractivity (Wildman–Crippen MR) is 56.2 cm³/mol. The molecule has 1 unspecified atom stereocenters. The summed E-state index contributed by atoms with van der Waals surface area (Å²) in [5.41, 5.74) is 6.02. The molecule has 0 radical (unpaired) electrons. The minimum absolute atomic E-state index is 0. The molecule has 0 amide bonds. The zero-order chi connectivity index (χ0) is 10.7. The second-order valence-corrected chi connectivity index (χ2v) is 2.95. The molecule has 84 valence electrons. The molecule has 5 nitrogen and oxygen atoms in total. The SMILES string of the molecule is Cl.NC(CC(=O)O)c1ccc(O)c(O)c1. The van der Waals surface area contributed by atoms with Gasteiger partial charge < -0.3 is 21.1 Å². The minimum Gasteiger partial charge on any atom is -0.504 e. The molecule has 0 heterocycles. The van der Waals surface area contributed by atoms with Crippen molar-refractivity contribution in [3.05, 3.63) is 23.8 Å². The van der Waals surface area contributed by atoms with Crippen LogP contribution in [0.3, 0.4) is 0 Å². The molecule has 0 bridgehead atoms. The Morgan fingerprint density at radius 3 is 2.40 bits per heavy atom. The van der Waals surface area contributed by atoms with Crippen molar-refractivity contribution in [2.45, 2.75) is 12.5 Å². The lowest BCUT2D eigenvalue weighted by Gasteiger charge is -2.09. The molecule has 0 saturated heterocycles. The van der Waals surface area contributed by atoms with Gasteiger partial charge in [0.25, 0.3) is 0 Å². The van der Waals surface area contributed by atoms with Gasteiger partial charge in [0.2, 0.25) is 0 Å². The number of carboxylic acid groups (broad SMARTS) is 1. The van der Waals surface area contributed by atoms with E-state index in [2.05, 4.69) is 0 Å². The maximum absolute atomic E-state index is 10.3. The van der Waals surface area contributed by atoms with Gasteiger partial charge in [0.15, 0.2) is 11.5 Å². The quantitative estimate of drug-likeness (QED) is 0.583. The fourth-order valence-electron chi connectivity index (χ4n) is 1.08. The van der Waals surface area contributed by atoms with Gasteiger partial charge in [-0.1, -0.05) is 6.07 Å². The van der Waals surface area contributed by atoms with Crippen LogP contribution in [0.1, 0.15) is 18.0 Å². The van der Waals surface area contributed by atoms with Crippen LogP contribution in [-0.4, -0.2) is 21.3 Å². The largest absolute Gasteiger partial charge is 0.504 e. The van der Waals surface area contributed by atoms with Crippen LogP contribution in [0.4, 0.5) is 0 Å². The summed E-state index contributed by atoms with van der Waals surface area (Å²) >= 11 is 0. The number of nitrogens with two attached hydrogens (primary N) is 1. The van der Waals surface area contributed by atoms with Crippen molar-refractivity contribution >= 4 is 18.4 Å². The van der Waals surface area contributed by atoms with Gasteiger partial charge in [0, 0.05) is 6.04 Å². The summed E-state index contributed by atoms with van der Waals surface area (Å²) in [6.07, 6.45) is -0.218.